The van der Waals surface area contributed by atoms with E-state index in [1.54, 1.807) is 0 Å². The summed E-state index contributed by atoms with van der Waals surface area (Å²) in [5.41, 5.74) is -0.0976. The van der Waals surface area contributed by atoms with Gasteiger partial charge in [-0.2, -0.15) is 0 Å². The molecular formula is C20H41NO2. The number of rotatable bonds is 8. The lowest BCUT2D eigenvalue weighted by Gasteiger charge is -2.32. The molecule has 1 amide bonds. The molecule has 0 rings (SSSR count). The van der Waals surface area contributed by atoms with Crippen LogP contribution in [0.3, 0.4) is 0 Å². The molecule has 0 aliphatic carbocycles. The maximum atomic E-state index is 12.4. The molecule has 0 spiro atoms. The van der Waals surface area contributed by atoms with Gasteiger partial charge in [-0.05, 0) is 43.9 Å². The average molecular weight is 328 g/mol. The lowest BCUT2D eigenvalue weighted by atomic mass is 9.75. The van der Waals surface area contributed by atoms with E-state index in [4.69, 9.17) is 4.74 Å². The average Bonchev–Trinajstić information content (AvgIpc) is 2.22. The second-order valence-corrected chi connectivity index (χ2v) is 10.5. The minimum Gasteiger partial charge on any atom is -0.375 e. The number of carbonyl (C=O) groups is 1. The maximum absolute atomic E-state index is 12.4. The molecule has 0 unspecified atom stereocenters. The van der Waals surface area contributed by atoms with Gasteiger partial charge in [0.25, 0.3) is 0 Å². The largest absolute Gasteiger partial charge is 0.375 e. The molecule has 0 saturated carbocycles. The minimum atomic E-state index is -0.338. The van der Waals surface area contributed by atoms with E-state index < -0.39 is 0 Å². The molecule has 0 aromatic heterocycles. The summed E-state index contributed by atoms with van der Waals surface area (Å²) in [7, 11) is 0. The predicted molar refractivity (Wildman–Crippen MR) is 99.6 cm³/mol. The first kappa shape index (κ1) is 22.4. The van der Waals surface area contributed by atoms with Gasteiger partial charge in [-0.1, -0.05) is 55.4 Å². The second kappa shape index (κ2) is 8.00. The first-order chi connectivity index (χ1) is 10.0. The molecule has 138 valence electrons. The van der Waals surface area contributed by atoms with Gasteiger partial charge in [0.1, 0.15) is 0 Å². The number of hydrogen-bond donors (Lipinski definition) is 1. The zero-order valence-electron chi connectivity index (χ0n) is 17.4. The van der Waals surface area contributed by atoms with Crippen molar-refractivity contribution in [1.29, 1.82) is 0 Å². The van der Waals surface area contributed by atoms with Crippen LogP contribution < -0.4 is 5.32 Å². The lowest BCUT2D eigenvalue weighted by Crippen LogP contribution is -2.41. The van der Waals surface area contributed by atoms with Crippen molar-refractivity contribution in [3.05, 3.63) is 0 Å². The molecule has 0 atom stereocenters. The van der Waals surface area contributed by atoms with E-state index >= 15 is 0 Å². The molecule has 0 fully saturated rings. The summed E-state index contributed by atoms with van der Waals surface area (Å²) in [5, 5.41) is 3.09. The van der Waals surface area contributed by atoms with Crippen LogP contribution in [0.15, 0.2) is 0 Å². The van der Waals surface area contributed by atoms with Crippen LogP contribution in [0.4, 0.5) is 0 Å². The Morgan fingerprint density at radius 1 is 0.826 bits per heavy atom. The third kappa shape index (κ3) is 11.6. The Morgan fingerprint density at radius 3 is 1.78 bits per heavy atom. The van der Waals surface area contributed by atoms with Gasteiger partial charge in [-0.15, -0.1) is 0 Å². The van der Waals surface area contributed by atoms with Crippen LogP contribution >= 0.6 is 0 Å². The third-order valence-electron chi connectivity index (χ3n) is 3.94. The van der Waals surface area contributed by atoms with Crippen molar-refractivity contribution < 1.29 is 9.53 Å². The van der Waals surface area contributed by atoms with Gasteiger partial charge in [0.15, 0.2) is 0 Å². The summed E-state index contributed by atoms with van der Waals surface area (Å²) in [6, 6.07) is 0. The minimum absolute atomic E-state index is 0.137. The summed E-state index contributed by atoms with van der Waals surface area (Å²) < 4.78 is 6.00. The van der Waals surface area contributed by atoms with Crippen molar-refractivity contribution >= 4 is 5.91 Å². The number of amides is 1. The smallest absolute Gasteiger partial charge is 0.225 e. The fraction of sp³-hybridized carbons (Fsp3) is 0.950. The van der Waals surface area contributed by atoms with Crippen molar-refractivity contribution in [2.75, 3.05) is 13.2 Å². The molecule has 3 heteroatoms. The van der Waals surface area contributed by atoms with Crippen molar-refractivity contribution in [3.63, 3.8) is 0 Å². The Morgan fingerprint density at radius 2 is 1.35 bits per heavy atom. The highest BCUT2D eigenvalue weighted by molar-refractivity contribution is 5.81. The molecule has 0 saturated heterocycles. The first-order valence-corrected chi connectivity index (χ1v) is 8.96. The van der Waals surface area contributed by atoms with Gasteiger partial charge in [0.05, 0.1) is 5.60 Å². The lowest BCUT2D eigenvalue weighted by molar-refractivity contribution is -0.131. The van der Waals surface area contributed by atoms with Gasteiger partial charge in [-0.3, -0.25) is 4.79 Å². The number of nitrogens with one attached hydrogen (secondary N) is 1. The van der Waals surface area contributed by atoms with Gasteiger partial charge < -0.3 is 10.1 Å². The molecule has 0 aliphatic heterocycles. The summed E-state index contributed by atoms with van der Waals surface area (Å²) in [6.07, 6.45) is 2.74. The first-order valence-electron chi connectivity index (χ1n) is 8.96. The second-order valence-electron chi connectivity index (χ2n) is 10.5. The zero-order valence-corrected chi connectivity index (χ0v) is 17.4. The van der Waals surface area contributed by atoms with Gasteiger partial charge in [-0.25, -0.2) is 0 Å². The Bertz CT molecular complexity index is 370. The number of carbonyl (C=O) groups excluding carboxylic acids is 1. The molecule has 23 heavy (non-hydrogen) atoms. The van der Waals surface area contributed by atoms with Gasteiger partial charge >= 0.3 is 0 Å². The van der Waals surface area contributed by atoms with Crippen molar-refractivity contribution in [2.45, 2.75) is 94.1 Å². The predicted octanol–water partition coefficient (Wildman–Crippen LogP) is 5.19. The molecule has 0 aromatic rings. The molecule has 0 radical (unpaired) electrons. The van der Waals surface area contributed by atoms with Crippen molar-refractivity contribution in [1.82, 2.24) is 5.32 Å². The molecule has 1 N–H and O–H groups in total. The van der Waals surface area contributed by atoms with Crippen molar-refractivity contribution in [2.24, 2.45) is 16.2 Å². The van der Waals surface area contributed by atoms with Gasteiger partial charge in [0.2, 0.25) is 5.91 Å². The van der Waals surface area contributed by atoms with E-state index in [0.717, 1.165) is 25.9 Å². The van der Waals surface area contributed by atoms with E-state index in [1.165, 1.54) is 0 Å². The summed E-state index contributed by atoms with van der Waals surface area (Å²) >= 11 is 0. The van der Waals surface area contributed by atoms with Crippen molar-refractivity contribution in [3.8, 4) is 0 Å². The Labute approximate surface area is 144 Å². The van der Waals surface area contributed by atoms with E-state index in [0.29, 0.717) is 12.0 Å². The highest BCUT2D eigenvalue weighted by Crippen LogP contribution is 2.33. The third-order valence-corrected chi connectivity index (χ3v) is 3.94. The van der Waals surface area contributed by atoms with Crippen LogP contribution in [0.1, 0.15) is 88.5 Å². The highest BCUT2D eigenvalue weighted by atomic mass is 16.5. The van der Waals surface area contributed by atoms with E-state index in [1.807, 2.05) is 13.8 Å². The van der Waals surface area contributed by atoms with Crippen LogP contribution in [0.5, 0.6) is 0 Å². The molecular weight excluding hydrogens is 286 g/mol. The van der Waals surface area contributed by atoms with Gasteiger partial charge in [0, 0.05) is 18.6 Å². The number of hydrogen-bond acceptors (Lipinski definition) is 2. The molecule has 0 aliphatic rings. The van der Waals surface area contributed by atoms with Crippen LogP contribution in [0.2, 0.25) is 0 Å². The van der Waals surface area contributed by atoms with Crippen LogP contribution in [-0.4, -0.2) is 24.7 Å². The van der Waals surface area contributed by atoms with E-state index in [-0.39, 0.29) is 22.3 Å². The monoisotopic (exact) mass is 327 g/mol. The van der Waals surface area contributed by atoms with E-state index in [2.05, 4.69) is 60.7 Å². The summed E-state index contributed by atoms with van der Waals surface area (Å²) in [4.78, 5) is 12.4. The Kier molecular flexibility index (Phi) is 7.81. The fourth-order valence-electron chi connectivity index (χ4n) is 2.83. The zero-order chi connectivity index (χ0) is 18.5. The number of ether oxygens (including phenoxy) is 1. The highest BCUT2D eigenvalue weighted by Gasteiger charge is 2.32. The standard InChI is InChI=1S/C20H41NO2/c1-17(2,3)12-14-23-20(9,10)11-13-21-16(22)19(7,8)15-18(4,5)6/h11-15H2,1-10H3,(H,21,22). The van der Waals surface area contributed by atoms with Crippen LogP contribution in [-0.2, 0) is 9.53 Å². The SMILES string of the molecule is CC(C)(C)CCOC(C)(C)CCNC(=O)C(C)(C)CC(C)(C)C. The Hall–Kier alpha value is -0.570. The molecule has 3 nitrogen and oxygen atoms in total. The van der Waals surface area contributed by atoms with E-state index in [9.17, 15) is 4.79 Å². The van der Waals surface area contributed by atoms with Crippen LogP contribution in [0.25, 0.3) is 0 Å². The fourth-order valence-corrected chi connectivity index (χ4v) is 2.83. The van der Waals surface area contributed by atoms with Crippen LogP contribution in [0, 0.1) is 16.2 Å². The summed E-state index contributed by atoms with van der Waals surface area (Å²) in [5.74, 6) is 0.137. The molecule has 0 aromatic carbocycles. The molecule has 0 heterocycles. The topological polar surface area (TPSA) is 38.3 Å². The summed E-state index contributed by atoms with van der Waals surface area (Å²) in [6.45, 7) is 22.9. The molecule has 0 bridgehead atoms. The maximum Gasteiger partial charge on any atom is 0.225 e. The Balaban J connectivity index is 4.24. The quantitative estimate of drug-likeness (QED) is 0.666. The normalized spacial score (nSPS) is 14.0.